The minimum absolute atomic E-state index is 0.140. The number of aliphatic hydroxyl groups excluding tert-OH is 1. The zero-order chi connectivity index (χ0) is 14.1. The molecule has 0 amide bonds. The van der Waals surface area contributed by atoms with Crippen LogP contribution >= 0.6 is 0 Å². The van der Waals surface area contributed by atoms with Crippen molar-refractivity contribution in [2.75, 3.05) is 6.54 Å². The van der Waals surface area contributed by atoms with E-state index in [1.165, 1.54) is 0 Å². The van der Waals surface area contributed by atoms with Gasteiger partial charge in [0.05, 0.1) is 6.10 Å². The van der Waals surface area contributed by atoms with Gasteiger partial charge in [-0.15, -0.1) is 0 Å². The number of carboxylic acids is 1. The van der Waals surface area contributed by atoms with Crippen molar-refractivity contribution in [3.05, 3.63) is 35.4 Å². The summed E-state index contributed by atoms with van der Waals surface area (Å²) in [4.78, 5) is 10.5. The van der Waals surface area contributed by atoms with Gasteiger partial charge < -0.3 is 15.9 Å². The third-order valence-corrected chi connectivity index (χ3v) is 3.17. The second kappa shape index (κ2) is 8.67. The Morgan fingerprint density at radius 3 is 2.42 bits per heavy atom. The van der Waals surface area contributed by atoms with Gasteiger partial charge in [0.1, 0.15) is 0 Å². The van der Waals surface area contributed by atoms with Gasteiger partial charge >= 0.3 is 5.97 Å². The first-order valence-electron chi connectivity index (χ1n) is 6.82. The molecule has 106 valence electrons. The van der Waals surface area contributed by atoms with Crippen LogP contribution in [0.15, 0.2) is 24.3 Å². The van der Waals surface area contributed by atoms with Crippen molar-refractivity contribution < 1.29 is 15.0 Å². The molecule has 0 fully saturated rings. The predicted molar refractivity (Wildman–Crippen MR) is 74.9 cm³/mol. The molecule has 1 rings (SSSR count). The number of aliphatic carboxylic acids is 1. The van der Waals surface area contributed by atoms with Crippen LogP contribution < -0.4 is 5.73 Å². The molecule has 4 N–H and O–H groups in total. The van der Waals surface area contributed by atoms with Gasteiger partial charge in [-0.1, -0.05) is 37.1 Å². The van der Waals surface area contributed by atoms with Gasteiger partial charge in [0.15, 0.2) is 0 Å². The van der Waals surface area contributed by atoms with E-state index in [4.69, 9.17) is 10.8 Å². The van der Waals surface area contributed by atoms with Crippen LogP contribution in [0.2, 0.25) is 0 Å². The molecule has 1 aromatic carbocycles. The van der Waals surface area contributed by atoms with Crippen LogP contribution in [0.1, 0.15) is 49.3 Å². The van der Waals surface area contributed by atoms with Crippen molar-refractivity contribution in [1.29, 1.82) is 0 Å². The third kappa shape index (κ3) is 6.36. The fraction of sp³-hybridized carbons (Fsp3) is 0.533. The molecule has 0 aliphatic rings. The van der Waals surface area contributed by atoms with Crippen molar-refractivity contribution in [1.82, 2.24) is 0 Å². The molecule has 0 aliphatic carbocycles. The van der Waals surface area contributed by atoms with Crippen LogP contribution in [-0.2, 0) is 11.2 Å². The standard InChI is InChI=1S/C15H23NO3/c16-11-3-1-2-4-14(17)13-8-5-12(6-9-13)7-10-15(18)19/h5-6,8-9,14,17H,1-4,7,10-11,16H2,(H,18,19). The maximum atomic E-state index is 10.5. The van der Waals surface area contributed by atoms with Crippen molar-refractivity contribution in [2.24, 2.45) is 5.73 Å². The fourth-order valence-electron chi connectivity index (χ4n) is 1.98. The summed E-state index contributed by atoms with van der Waals surface area (Å²) in [6.45, 7) is 0.703. The van der Waals surface area contributed by atoms with Crippen LogP contribution in [0.5, 0.6) is 0 Å². The first-order valence-corrected chi connectivity index (χ1v) is 6.82. The average molecular weight is 265 g/mol. The molecule has 0 radical (unpaired) electrons. The average Bonchev–Trinajstić information content (AvgIpc) is 2.41. The molecule has 0 bridgehead atoms. The summed E-state index contributed by atoms with van der Waals surface area (Å²) >= 11 is 0. The molecule has 4 nitrogen and oxygen atoms in total. The van der Waals surface area contributed by atoms with Crippen LogP contribution in [-0.4, -0.2) is 22.7 Å². The predicted octanol–water partition coefficient (Wildman–Crippen LogP) is 2.26. The lowest BCUT2D eigenvalue weighted by molar-refractivity contribution is -0.136. The molecule has 0 spiro atoms. The van der Waals surface area contributed by atoms with Crippen molar-refractivity contribution in [3.63, 3.8) is 0 Å². The van der Waals surface area contributed by atoms with Crippen LogP contribution in [0, 0.1) is 0 Å². The molecule has 0 saturated carbocycles. The molecule has 1 unspecified atom stereocenters. The zero-order valence-electron chi connectivity index (χ0n) is 11.2. The van der Waals surface area contributed by atoms with E-state index >= 15 is 0 Å². The number of aliphatic hydroxyl groups is 1. The number of hydrogen-bond donors (Lipinski definition) is 3. The first-order chi connectivity index (χ1) is 9.13. The Morgan fingerprint density at radius 2 is 1.84 bits per heavy atom. The molecule has 0 saturated heterocycles. The Kier molecular flexibility index (Phi) is 7.15. The summed E-state index contributed by atoms with van der Waals surface area (Å²) in [6, 6.07) is 7.54. The van der Waals surface area contributed by atoms with Gasteiger partial charge in [0.25, 0.3) is 0 Å². The lowest BCUT2D eigenvalue weighted by atomic mass is 10.0. The summed E-state index contributed by atoms with van der Waals surface area (Å²) < 4.78 is 0. The lowest BCUT2D eigenvalue weighted by Gasteiger charge is -2.11. The summed E-state index contributed by atoms with van der Waals surface area (Å²) in [5, 5.41) is 18.6. The van der Waals surface area contributed by atoms with Gasteiger partial charge in [0.2, 0.25) is 0 Å². The highest BCUT2D eigenvalue weighted by atomic mass is 16.4. The second-order valence-electron chi connectivity index (χ2n) is 4.79. The first kappa shape index (κ1) is 15.7. The molecule has 0 aliphatic heterocycles. The van der Waals surface area contributed by atoms with E-state index in [1.807, 2.05) is 24.3 Å². The van der Waals surface area contributed by atoms with E-state index in [9.17, 15) is 9.90 Å². The van der Waals surface area contributed by atoms with Gasteiger partial charge in [-0.2, -0.15) is 0 Å². The van der Waals surface area contributed by atoms with Gasteiger partial charge in [0, 0.05) is 6.42 Å². The quantitative estimate of drug-likeness (QED) is 0.598. The van der Waals surface area contributed by atoms with E-state index in [0.717, 1.165) is 36.8 Å². The summed E-state index contributed by atoms with van der Waals surface area (Å²) in [5.74, 6) is -0.788. The van der Waals surface area contributed by atoms with Crippen LogP contribution in [0.4, 0.5) is 0 Å². The number of carbonyl (C=O) groups is 1. The smallest absolute Gasteiger partial charge is 0.303 e. The highest BCUT2D eigenvalue weighted by molar-refractivity contribution is 5.67. The monoisotopic (exact) mass is 265 g/mol. The van der Waals surface area contributed by atoms with E-state index in [1.54, 1.807) is 0 Å². The highest BCUT2D eigenvalue weighted by Gasteiger charge is 2.07. The number of rotatable bonds is 9. The van der Waals surface area contributed by atoms with E-state index in [-0.39, 0.29) is 6.42 Å². The van der Waals surface area contributed by atoms with Gasteiger partial charge in [-0.05, 0) is 36.9 Å². The third-order valence-electron chi connectivity index (χ3n) is 3.17. The number of nitrogens with two attached hydrogens (primary N) is 1. The molecular formula is C15H23NO3. The summed E-state index contributed by atoms with van der Waals surface area (Å²) in [5.41, 5.74) is 7.30. The number of hydrogen-bond acceptors (Lipinski definition) is 3. The van der Waals surface area contributed by atoms with E-state index < -0.39 is 12.1 Å². The van der Waals surface area contributed by atoms with Crippen LogP contribution in [0.3, 0.4) is 0 Å². The molecular weight excluding hydrogens is 242 g/mol. The number of carboxylic acid groups (broad SMARTS) is 1. The van der Waals surface area contributed by atoms with Gasteiger partial charge in [-0.25, -0.2) is 0 Å². The van der Waals surface area contributed by atoms with Crippen molar-refractivity contribution >= 4 is 5.97 Å². The Bertz CT molecular complexity index is 375. The largest absolute Gasteiger partial charge is 0.481 e. The summed E-state index contributed by atoms with van der Waals surface area (Å²) in [7, 11) is 0. The second-order valence-corrected chi connectivity index (χ2v) is 4.79. The van der Waals surface area contributed by atoms with Gasteiger partial charge in [-0.3, -0.25) is 4.79 Å². The Labute approximate surface area is 114 Å². The number of unbranched alkanes of at least 4 members (excludes halogenated alkanes) is 2. The maximum Gasteiger partial charge on any atom is 0.303 e. The van der Waals surface area contributed by atoms with E-state index in [0.29, 0.717) is 13.0 Å². The molecule has 4 heteroatoms. The summed E-state index contributed by atoms with van der Waals surface area (Å²) in [6.07, 6.45) is 3.99. The number of benzene rings is 1. The Balaban J connectivity index is 2.39. The van der Waals surface area contributed by atoms with Crippen LogP contribution in [0.25, 0.3) is 0 Å². The molecule has 0 heterocycles. The molecule has 1 aromatic rings. The lowest BCUT2D eigenvalue weighted by Crippen LogP contribution is -2.01. The SMILES string of the molecule is NCCCCCC(O)c1ccc(CCC(=O)O)cc1. The molecule has 19 heavy (non-hydrogen) atoms. The Hall–Kier alpha value is -1.39. The fourth-order valence-corrected chi connectivity index (χ4v) is 1.98. The maximum absolute atomic E-state index is 10.5. The molecule has 1 atom stereocenters. The minimum Gasteiger partial charge on any atom is -0.481 e. The molecule has 0 aromatic heterocycles. The van der Waals surface area contributed by atoms with Crippen molar-refractivity contribution in [3.8, 4) is 0 Å². The van der Waals surface area contributed by atoms with Crippen molar-refractivity contribution in [2.45, 2.75) is 44.6 Å². The topological polar surface area (TPSA) is 83.5 Å². The van der Waals surface area contributed by atoms with E-state index in [2.05, 4.69) is 0 Å². The zero-order valence-corrected chi connectivity index (χ0v) is 11.2. The minimum atomic E-state index is -0.788. The normalized spacial score (nSPS) is 12.3. The highest BCUT2D eigenvalue weighted by Crippen LogP contribution is 2.20. The Morgan fingerprint density at radius 1 is 1.16 bits per heavy atom. The number of aryl methyl sites for hydroxylation is 1.